The zero-order valence-electron chi connectivity index (χ0n) is 8.94. The minimum atomic E-state index is -1.54. The van der Waals surface area contributed by atoms with Crippen molar-refractivity contribution in [2.45, 2.75) is 17.6 Å². The van der Waals surface area contributed by atoms with Crippen molar-refractivity contribution in [1.82, 2.24) is 4.98 Å². The molecule has 0 spiro atoms. The molecule has 0 aromatic carbocycles. The highest BCUT2D eigenvalue weighted by molar-refractivity contribution is 7.99. The van der Waals surface area contributed by atoms with Gasteiger partial charge < -0.3 is 9.84 Å². The zero-order valence-corrected chi connectivity index (χ0v) is 10.5. The van der Waals surface area contributed by atoms with Crippen molar-refractivity contribution >= 4 is 29.3 Å². The van der Waals surface area contributed by atoms with E-state index >= 15 is 0 Å². The van der Waals surface area contributed by atoms with Crippen molar-refractivity contribution in [3.63, 3.8) is 0 Å². The van der Waals surface area contributed by atoms with Gasteiger partial charge in [0.2, 0.25) is 0 Å². The Hall–Kier alpha value is -0.780. The summed E-state index contributed by atoms with van der Waals surface area (Å²) in [5, 5.41) is 10.8. The summed E-state index contributed by atoms with van der Waals surface area (Å²) in [5.74, 6) is -0.539. The van der Waals surface area contributed by atoms with E-state index in [4.69, 9.17) is 11.6 Å². The molecule has 1 aromatic heterocycles. The van der Waals surface area contributed by atoms with E-state index in [9.17, 15) is 9.90 Å². The Labute approximate surface area is 103 Å². The Balaban J connectivity index is 2.65. The number of methoxy groups -OCH3 is 1. The minimum absolute atomic E-state index is 0.135. The summed E-state index contributed by atoms with van der Waals surface area (Å²) in [6.45, 7) is 1.39. The standard InChI is InChI=1S/C10H12ClNO3S/c1-10(14,9(13)15-2)6-16-8-7(11)4-3-5-12-8/h3-5,14H,6H2,1-2H3. The third-order valence-electron chi connectivity index (χ3n) is 1.84. The highest BCUT2D eigenvalue weighted by Crippen LogP contribution is 2.27. The molecule has 0 saturated heterocycles. The number of hydrogen-bond acceptors (Lipinski definition) is 5. The van der Waals surface area contributed by atoms with E-state index in [1.165, 1.54) is 25.8 Å². The molecule has 0 saturated carbocycles. The number of thioether (sulfide) groups is 1. The van der Waals surface area contributed by atoms with Gasteiger partial charge in [-0.15, -0.1) is 11.8 Å². The zero-order chi connectivity index (χ0) is 12.2. The van der Waals surface area contributed by atoms with Gasteiger partial charge in [0.15, 0.2) is 5.60 Å². The number of ether oxygens (including phenoxy) is 1. The highest BCUT2D eigenvalue weighted by Gasteiger charge is 2.31. The lowest BCUT2D eigenvalue weighted by Crippen LogP contribution is -2.38. The molecule has 1 aromatic rings. The summed E-state index contributed by atoms with van der Waals surface area (Å²) < 4.78 is 4.48. The fourth-order valence-electron chi connectivity index (χ4n) is 0.965. The number of nitrogens with zero attached hydrogens (tertiary/aromatic N) is 1. The molecule has 1 atom stereocenters. The van der Waals surface area contributed by atoms with E-state index in [0.29, 0.717) is 10.0 Å². The van der Waals surface area contributed by atoms with Gasteiger partial charge in [0.25, 0.3) is 0 Å². The van der Waals surface area contributed by atoms with Crippen LogP contribution in [0.2, 0.25) is 5.02 Å². The van der Waals surface area contributed by atoms with Crippen LogP contribution in [0.3, 0.4) is 0 Å². The Morgan fingerprint density at radius 1 is 1.75 bits per heavy atom. The van der Waals surface area contributed by atoms with Crippen LogP contribution >= 0.6 is 23.4 Å². The molecule has 0 aliphatic carbocycles. The number of carbonyl (C=O) groups excluding carboxylic acids is 1. The van der Waals surface area contributed by atoms with Crippen LogP contribution in [0.15, 0.2) is 23.4 Å². The predicted molar refractivity (Wildman–Crippen MR) is 62.6 cm³/mol. The summed E-state index contributed by atoms with van der Waals surface area (Å²) in [6, 6.07) is 3.41. The molecule has 0 amide bonds. The van der Waals surface area contributed by atoms with E-state index in [1.54, 1.807) is 18.3 Å². The number of aliphatic hydroxyl groups is 1. The van der Waals surface area contributed by atoms with Gasteiger partial charge in [-0.2, -0.15) is 0 Å². The Kier molecular flexibility index (Phi) is 4.58. The molecular weight excluding hydrogens is 250 g/mol. The molecule has 88 valence electrons. The average Bonchev–Trinajstić information content (AvgIpc) is 2.27. The van der Waals surface area contributed by atoms with Crippen LogP contribution in [0, 0.1) is 0 Å². The topological polar surface area (TPSA) is 59.4 Å². The number of pyridine rings is 1. The van der Waals surface area contributed by atoms with Gasteiger partial charge in [-0.1, -0.05) is 11.6 Å². The van der Waals surface area contributed by atoms with E-state index < -0.39 is 11.6 Å². The summed E-state index contributed by atoms with van der Waals surface area (Å²) in [7, 11) is 1.23. The summed E-state index contributed by atoms with van der Waals surface area (Å²) in [5.41, 5.74) is -1.54. The normalized spacial score (nSPS) is 14.2. The molecule has 16 heavy (non-hydrogen) atoms. The van der Waals surface area contributed by atoms with Crippen molar-refractivity contribution in [3.05, 3.63) is 23.4 Å². The third kappa shape index (κ3) is 3.37. The number of hydrogen-bond donors (Lipinski definition) is 1. The van der Waals surface area contributed by atoms with Crippen molar-refractivity contribution < 1.29 is 14.6 Å². The Morgan fingerprint density at radius 3 is 3.00 bits per heavy atom. The lowest BCUT2D eigenvalue weighted by Gasteiger charge is -2.19. The van der Waals surface area contributed by atoms with Gasteiger partial charge in [-0.25, -0.2) is 9.78 Å². The number of aromatic nitrogens is 1. The monoisotopic (exact) mass is 261 g/mol. The first-order chi connectivity index (χ1) is 7.47. The Bertz CT molecular complexity index is 384. The van der Waals surface area contributed by atoms with Crippen LogP contribution < -0.4 is 0 Å². The molecule has 0 aliphatic rings. The van der Waals surface area contributed by atoms with Crippen LogP contribution in [-0.4, -0.2) is 34.5 Å². The van der Waals surface area contributed by atoms with Crippen LogP contribution in [0.25, 0.3) is 0 Å². The van der Waals surface area contributed by atoms with Gasteiger partial charge in [-0.3, -0.25) is 0 Å². The first-order valence-corrected chi connectivity index (χ1v) is 5.88. The SMILES string of the molecule is COC(=O)C(C)(O)CSc1ncccc1Cl. The average molecular weight is 262 g/mol. The molecule has 4 nitrogen and oxygen atoms in total. The number of carbonyl (C=O) groups is 1. The predicted octanol–water partition coefficient (Wildman–Crippen LogP) is 1.75. The minimum Gasteiger partial charge on any atom is -0.467 e. The number of halogens is 1. The quantitative estimate of drug-likeness (QED) is 0.661. The maximum Gasteiger partial charge on any atom is 0.338 e. The first kappa shape index (κ1) is 13.3. The second kappa shape index (κ2) is 5.52. The maximum absolute atomic E-state index is 11.2. The van der Waals surface area contributed by atoms with Crippen molar-refractivity contribution in [2.24, 2.45) is 0 Å². The molecular formula is C10H12ClNO3S. The van der Waals surface area contributed by atoms with Gasteiger partial charge in [-0.05, 0) is 19.1 Å². The molecule has 0 aliphatic heterocycles. The molecule has 1 rings (SSSR count). The summed E-state index contributed by atoms with van der Waals surface area (Å²) in [6.07, 6.45) is 1.60. The second-order valence-corrected chi connectivity index (χ2v) is 4.72. The summed E-state index contributed by atoms with van der Waals surface area (Å²) in [4.78, 5) is 15.2. The smallest absolute Gasteiger partial charge is 0.338 e. The van der Waals surface area contributed by atoms with Gasteiger partial charge in [0.05, 0.1) is 12.1 Å². The van der Waals surface area contributed by atoms with E-state index in [-0.39, 0.29) is 5.75 Å². The van der Waals surface area contributed by atoms with E-state index in [2.05, 4.69) is 9.72 Å². The first-order valence-electron chi connectivity index (χ1n) is 4.51. The van der Waals surface area contributed by atoms with Gasteiger partial charge in [0.1, 0.15) is 5.03 Å². The third-order valence-corrected chi connectivity index (χ3v) is 3.56. The van der Waals surface area contributed by atoms with E-state index in [0.717, 1.165) is 0 Å². The summed E-state index contributed by atoms with van der Waals surface area (Å²) >= 11 is 7.09. The van der Waals surface area contributed by atoms with E-state index in [1.807, 2.05) is 0 Å². The molecule has 1 heterocycles. The van der Waals surface area contributed by atoms with Crippen LogP contribution in [0.4, 0.5) is 0 Å². The molecule has 6 heteroatoms. The fraction of sp³-hybridized carbons (Fsp3) is 0.400. The lowest BCUT2D eigenvalue weighted by atomic mass is 10.1. The second-order valence-electron chi connectivity index (χ2n) is 3.34. The number of esters is 1. The van der Waals surface area contributed by atoms with Gasteiger partial charge in [0, 0.05) is 11.9 Å². The van der Waals surface area contributed by atoms with Crippen molar-refractivity contribution in [3.8, 4) is 0 Å². The molecule has 1 N–H and O–H groups in total. The van der Waals surface area contributed by atoms with Gasteiger partial charge >= 0.3 is 5.97 Å². The van der Waals surface area contributed by atoms with Crippen LogP contribution in [0.5, 0.6) is 0 Å². The van der Waals surface area contributed by atoms with Crippen LogP contribution in [0.1, 0.15) is 6.92 Å². The molecule has 1 unspecified atom stereocenters. The molecule has 0 bridgehead atoms. The maximum atomic E-state index is 11.2. The largest absolute Gasteiger partial charge is 0.467 e. The lowest BCUT2D eigenvalue weighted by molar-refractivity contribution is -0.158. The van der Waals surface area contributed by atoms with Crippen LogP contribution in [-0.2, 0) is 9.53 Å². The Morgan fingerprint density at radius 2 is 2.44 bits per heavy atom. The molecule has 0 radical (unpaired) electrons. The fourth-order valence-corrected chi connectivity index (χ4v) is 2.13. The van der Waals surface area contributed by atoms with Crippen molar-refractivity contribution in [2.75, 3.05) is 12.9 Å². The van der Waals surface area contributed by atoms with Crippen molar-refractivity contribution in [1.29, 1.82) is 0 Å². The number of rotatable bonds is 4. The highest BCUT2D eigenvalue weighted by atomic mass is 35.5. The molecule has 0 fully saturated rings.